The lowest BCUT2D eigenvalue weighted by atomic mass is 10.1. The third kappa shape index (κ3) is 2.25. The molecule has 4 rings (SSSR count). The van der Waals surface area contributed by atoms with Crippen molar-refractivity contribution in [2.45, 2.75) is 6.61 Å². The van der Waals surface area contributed by atoms with Crippen molar-refractivity contribution in [2.24, 2.45) is 0 Å². The third-order valence-electron chi connectivity index (χ3n) is 3.48. The summed E-state index contributed by atoms with van der Waals surface area (Å²) in [5, 5.41) is 4.03. The number of benzene rings is 2. The van der Waals surface area contributed by atoms with Crippen LogP contribution in [0.1, 0.15) is 5.69 Å². The molecule has 2 aromatic heterocycles. The largest absolute Gasteiger partial charge is 0.487 e. The fraction of sp³-hybridized carbons (Fsp3) is 0.0588. The van der Waals surface area contributed by atoms with Crippen LogP contribution in [0.3, 0.4) is 0 Å². The molecule has 2 aromatic carbocycles. The standard InChI is InChI=1S/C17H12N2O2S/c20-16-10-13(18-17-19(16)8-9-22-17)11-21-15-7-3-5-12-4-1-2-6-14(12)15/h1-10H,11H2. The van der Waals surface area contributed by atoms with Crippen LogP contribution in [0.5, 0.6) is 5.75 Å². The summed E-state index contributed by atoms with van der Waals surface area (Å²) in [5.41, 5.74) is 0.558. The van der Waals surface area contributed by atoms with E-state index in [-0.39, 0.29) is 12.2 Å². The monoisotopic (exact) mass is 308 g/mol. The fourth-order valence-electron chi connectivity index (χ4n) is 2.44. The van der Waals surface area contributed by atoms with Crippen LogP contribution in [0.15, 0.2) is 64.9 Å². The average molecular weight is 308 g/mol. The zero-order valence-corrected chi connectivity index (χ0v) is 12.4. The molecular weight excluding hydrogens is 296 g/mol. The minimum absolute atomic E-state index is 0.0808. The number of aromatic nitrogens is 2. The highest BCUT2D eigenvalue weighted by Gasteiger charge is 2.06. The van der Waals surface area contributed by atoms with E-state index in [0.29, 0.717) is 10.7 Å². The molecule has 0 aliphatic carbocycles. The van der Waals surface area contributed by atoms with Gasteiger partial charge in [0.1, 0.15) is 12.4 Å². The molecule has 0 aliphatic rings. The van der Waals surface area contributed by atoms with Crippen molar-refractivity contribution in [3.8, 4) is 5.75 Å². The number of ether oxygens (including phenoxy) is 1. The lowest BCUT2D eigenvalue weighted by Crippen LogP contribution is -2.14. The highest BCUT2D eigenvalue weighted by Crippen LogP contribution is 2.25. The zero-order chi connectivity index (χ0) is 14.9. The van der Waals surface area contributed by atoms with E-state index >= 15 is 0 Å². The predicted octanol–water partition coefficient (Wildman–Crippen LogP) is 3.49. The van der Waals surface area contributed by atoms with Crippen molar-refractivity contribution >= 4 is 27.1 Å². The van der Waals surface area contributed by atoms with Gasteiger partial charge in [0.25, 0.3) is 5.56 Å². The minimum Gasteiger partial charge on any atom is -0.487 e. The van der Waals surface area contributed by atoms with Crippen LogP contribution in [0.4, 0.5) is 0 Å². The number of thiazole rings is 1. The van der Waals surface area contributed by atoms with E-state index in [1.54, 1.807) is 6.20 Å². The van der Waals surface area contributed by atoms with Gasteiger partial charge >= 0.3 is 0 Å². The van der Waals surface area contributed by atoms with Gasteiger partial charge in [0.15, 0.2) is 4.96 Å². The normalized spacial score (nSPS) is 11.1. The van der Waals surface area contributed by atoms with Crippen molar-refractivity contribution < 1.29 is 4.74 Å². The van der Waals surface area contributed by atoms with Crippen molar-refractivity contribution in [1.29, 1.82) is 0 Å². The first-order chi connectivity index (χ1) is 10.8. The molecule has 0 atom stereocenters. The molecule has 0 unspecified atom stereocenters. The number of rotatable bonds is 3. The Morgan fingerprint density at radius 2 is 2.00 bits per heavy atom. The van der Waals surface area contributed by atoms with Gasteiger partial charge in [-0.15, -0.1) is 11.3 Å². The molecule has 0 bridgehead atoms. The second kappa shape index (κ2) is 5.27. The molecule has 5 heteroatoms. The van der Waals surface area contributed by atoms with Crippen LogP contribution in [0.2, 0.25) is 0 Å². The van der Waals surface area contributed by atoms with E-state index in [2.05, 4.69) is 4.98 Å². The van der Waals surface area contributed by atoms with Gasteiger partial charge in [-0.05, 0) is 11.5 Å². The Balaban J connectivity index is 1.67. The molecule has 22 heavy (non-hydrogen) atoms. The van der Waals surface area contributed by atoms with Crippen molar-refractivity contribution in [3.63, 3.8) is 0 Å². The Morgan fingerprint density at radius 3 is 2.95 bits per heavy atom. The van der Waals surface area contributed by atoms with Crippen molar-refractivity contribution in [2.75, 3.05) is 0 Å². The molecule has 0 N–H and O–H groups in total. The molecule has 0 amide bonds. The maximum absolute atomic E-state index is 12.0. The number of nitrogens with zero attached hydrogens (tertiary/aromatic N) is 2. The second-order valence-electron chi connectivity index (χ2n) is 4.91. The molecule has 0 saturated heterocycles. The van der Waals surface area contributed by atoms with Crippen molar-refractivity contribution in [3.05, 3.63) is 76.2 Å². The summed E-state index contributed by atoms with van der Waals surface area (Å²) in [7, 11) is 0. The van der Waals surface area contributed by atoms with E-state index in [9.17, 15) is 4.79 Å². The molecule has 4 nitrogen and oxygen atoms in total. The molecule has 0 spiro atoms. The number of hydrogen-bond acceptors (Lipinski definition) is 4. The van der Waals surface area contributed by atoms with Gasteiger partial charge in [-0.3, -0.25) is 9.20 Å². The predicted molar refractivity (Wildman–Crippen MR) is 87.6 cm³/mol. The Kier molecular flexibility index (Phi) is 3.12. The van der Waals surface area contributed by atoms with Gasteiger partial charge in [-0.25, -0.2) is 4.98 Å². The number of hydrogen-bond donors (Lipinski definition) is 0. The van der Waals surface area contributed by atoms with Gasteiger partial charge < -0.3 is 4.74 Å². The Hall–Kier alpha value is -2.66. The number of fused-ring (bicyclic) bond motifs is 2. The maximum atomic E-state index is 12.0. The third-order valence-corrected chi connectivity index (χ3v) is 4.24. The SMILES string of the molecule is O=c1cc(COc2cccc3ccccc23)nc2sccn12. The van der Waals surface area contributed by atoms with Gasteiger partial charge in [0.05, 0.1) is 5.69 Å². The van der Waals surface area contributed by atoms with Crippen LogP contribution < -0.4 is 10.3 Å². The van der Waals surface area contributed by atoms with Crippen LogP contribution in [0.25, 0.3) is 15.7 Å². The topological polar surface area (TPSA) is 43.6 Å². The van der Waals surface area contributed by atoms with Crippen LogP contribution >= 0.6 is 11.3 Å². The van der Waals surface area contributed by atoms with E-state index < -0.39 is 0 Å². The van der Waals surface area contributed by atoms with Gasteiger partial charge in [-0.2, -0.15) is 0 Å². The highest BCUT2D eigenvalue weighted by atomic mass is 32.1. The summed E-state index contributed by atoms with van der Waals surface area (Å²) in [4.78, 5) is 17.1. The quantitative estimate of drug-likeness (QED) is 0.582. The molecule has 0 fully saturated rings. The Labute approximate surface area is 130 Å². The summed E-state index contributed by atoms with van der Waals surface area (Å²) in [6.45, 7) is 0.275. The molecule has 0 saturated carbocycles. The highest BCUT2D eigenvalue weighted by molar-refractivity contribution is 7.15. The average Bonchev–Trinajstić information content (AvgIpc) is 3.02. The molecule has 4 aromatic rings. The summed E-state index contributed by atoms with van der Waals surface area (Å²) in [6.07, 6.45) is 1.73. The minimum atomic E-state index is -0.0808. The maximum Gasteiger partial charge on any atom is 0.258 e. The van der Waals surface area contributed by atoms with Gasteiger partial charge in [0.2, 0.25) is 0 Å². The van der Waals surface area contributed by atoms with Gasteiger partial charge in [0, 0.05) is 23.0 Å². The van der Waals surface area contributed by atoms with Crippen LogP contribution in [0, 0.1) is 0 Å². The second-order valence-corrected chi connectivity index (χ2v) is 5.78. The molecule has 0 radical (unpaired) electrons. The van der Waals surface area contributed by atoms with Crippen LogP contribution in [-0.2, 0) is 6.61 Å². The fourth-order valence-corrected chi connectivity index (χ4v) is 3.17. The van der Waals surface area contributed by atoms with E-state index in [1.807, 2.05) is 47.8 Å². The first kappa shape index (κ1) is 13.0. The van der Waals surface area contributed by atoms with Crippen LogP contribution in [-0.4, -0.2) is 9.38 Å². The lowest BCUT2D eigenvalue weighted by Gasteiger charge is -2.09. The van der Waals surface area contributed by atoms with E-state index in [0.717, 1.165) is 16.5 Å². The molecular formula is C17H12N2O2S. The molecule has 108 valence electrons. The summed E-state index contributed by atoms with van der Waals surface area (Å²) >= 11 is 1.44. The van der Waals surface area contributed by atoms with Crippen molar-refractivity contribution in [1.82, 2.24) is 9.38 Å². The molecule has 0 aliphatic heterocycles. The smallest absolute Gasteiger partial charge is 0.258 e. The molecule has 2 heterocycles. The first-order valence-corrected chi connectivity index (χ1v) is 7.75. The zero-order valence-electron chi connectivity index (χ0n) is 11.6. The first-order valence-electron chi connectivity index (χ1n) is 6.87. The summed E-state index contributed by atoms with van der Waals surface area (Å²) in [6, 6.07) is 15.5. The summed E-state index contributed by atoms with van der Waals surface area (Å²) < 4.78 is 7.41. The Morgan fingerprint density at radius 1 is 1.14 bits per heavy atom. The van der Waals surface area contributed by atoms with E-state index in [1.165, 1.54) is 21.8 Å². The lowest BCUT2D eigenvalue weighted by molar-refractivity contribution is 0.305. The van der Waals surface area contributed by atoms with Gasteiger partial charge in [-0.1, -0.05) is 36.4 Å². The summed E-state index contributed by atoms with van der Waals surface area (Å²) in [5.74, 6) is 0.797. The Bertz CT molecular complexity index is 1010. The van der Waals surface area contributed by atoms with E-state index in [4.69, 9.17) is 4.74 Å².